The Hall–Kier alpha value is -1.97. The third-order valence-corrected chi connectivity index (χ3v) is 4.65. The van der Waals surface area contributed by atoms with Crippen molar-refractivity contribution in [2.75, 3.05) is 30.1 Å². The lowest BCUT2D eigenvalue weighted by molar-refractivity contribution is -0.119. The van der Waals surface area contributed by atoms with Crippen LogP contribution in [0.3, 0.4) is 0 Å². The molecule has 23 heavy (non-hydrogen) atoms. The van der Waals surface area contributed by atoms with Crippen LogP contribution in [0.15, 0.2) is 28.6 Å². The number of nitrogens with zero attached hydrogens (tertiary/aromatic N) is 2. The first-order valence-electron chi connectivity index (χ1n) is 6.69. The number of rotatable bonds is 7. The Morgan fingerprint density at radius 2 is 2.00 bits per heavy atom. The number of benzene rings is 1. The third kappa shape index (κ3) is 5.62. The van der Waals surface area contributed by atoms with Gasteiger partial charge >= 0.3 is 0 Å². The molecule has 0 spiro atoms. The van der Waals surface area contributed by atoms with Crippen LogP contribution < -0.4 is 10.6 Å². The van der Waals surface area contributed by atoms with Crippen molar-refractivity contribution in [3.63, 3.8) is 0 Å². The number of methoxy groups -OCH3 is 1. The minimum atomic E-state index is -0.294. The van der Waals surface area contributed by atoms with Crippen LogP contribution in [0.25, 0.3) is 0 Å². The van der Waals surface area contributed by atoms with E-state index in [0.717, 1.165) is 11.3 Å². The van der Waals surface area contributed by atoms with Crippen molar-refractivity contribution in [1.29, 1.82) is 0 Å². The van der Waals surface area contributed by atoms with Gasteiger partial charge in [0.05, 0.1) is 5.75 Å². The molecule has 1 aromatic carbocycles. The predicted octanol–water partition coefficient (Wildman–Crippen LogP) is 2.16. The number of ether oxygens (including phenoxy) is 1. The van der Waals surface area contributed by atoms with E-state index < -0.39 is 0 Å². The molecular formula is C14H16N4O3S2. The van der Waals surface area contributed by atoms with E-state index in [4.69, 9.17) is 4.74 Å². The number of aryl methyl sites for hydroxylation is 1. The number of nitrogens with one attached hydrogen (secondary N) is 2. The Bertz CT molecular complexity index is 690. The van der Waals surface area contributed by atoms with E-state index in [9.17, 15) is 9.59 Å². The molecule has 0 atom stereocenters. The summed E-state index contributed by atoms with van der Waals surface area (Å²) in [6.07, 6.45) is 0. The number of carbonyl (C=O) groups is 2. The number of hydrogen-bond donors (Lipinski definition) is 2. The van der Waals surface area contributed by atoms with Crippen LogP contribution in [0.5, 0.6) is 0 Å². The van der Waals surface area contributed by atoms with Gasteiger partial charge in [0.25, 0.3) is 5.91 Å². The normalized spacial score (nSPS) is 10.3. The number of amides is 2. The molecule has 9 heteroatoms. The highest BCUT2D eigenvalue weighted by atomic mass is 32.2. The highest BCUT2D eigenvalue weighted by molar-refractivity contribution is 8.01. The van der Waals surface area contributed by atoms with Crippen LogP contribution in [0.2, 0.25) is 0 Å². The molecule has 0 fully saturated rings. The summed E-state index contributed by atoms with van der Waals surface area (Å²) in [5.41, 5.74) is 1.80. The van der Waals surface area contributed by atoms with Gasteiger partial charge in [-0.15, -0.1) is 10.2 Å². The smallest absolute Gasteiger partial charge is 0.252 e. The second-order valence-electron chi connectivity index (χ2n) is 4.51. The van der Waals surface area contributed by atoms with Crippen LogP contribution in [-0.2, 0) is 14.3 Å². The quantitative estimate of drug-likeness (QED) is 0.586. The monoisotopic (exact) mass is 352 g/mol. The molecule has 122 valence electrons. The SMILES string of the molecule is COCC(=O)Nc1nnc(SCC(=O)Nc2ccccc2C)s1. The maximum atomic E-state index is 11.9. The van der Waals surface area contributed by atoms with Crippen LogP contribution in [0.1, 0.15) is 5.56 Å². The molecule has 0 bridgehead atoms. The van der Waals surface area contributed by atoms with E-state index in [2.05, 4.69) is 20.8 Å². The number of anilines is 2. The second kappa shape index (κ2) is 8.61. The molecule has 2 amide bonds. The fourth-order valence-corrected chi connectivity index (χ4v) is 3.20. The first-order chi connectivity index (χ1) is 11.1. The fourth-order valence-electron chi connectivity index (χ4n) is 1.63. The van der Waals surface area contributed by atoms with Gasteiger partial charge in [-0.25, -0.2) is 0 Å². The Balaban J connectivity index is 1.82. The highest BCUT2D eigenvalue weighted by Crippen LogP contribution is 2.25. The van der Waals surface area contributed by atoms with Crippen LogP contribution in [0, 0.1) is 6.92 Å². The van der Waals surface area contributed by atoms with Crippen molar-refractivity contribution in [1.82, 2.24) is 10.2 Å². The Labute approximate surface area is 141 Å². The van der Waals surface area contributed by atoms with Crippen molar-refractivity contribution in [2.24, 2.45) is 0 Å². The lowest BCUT2D eigenvalue weighted by Gasteiger charge is -2.06. The summed E-state index contributed by atoms with van der Waals surface area (Å²) in [6, 6.07) is 7.57. The zero-order chi connectivity index (χ0) is 16.7. The lowest BCUT2D eigenvalue weighted by Crippen LogP contribution is -2.16. The number of para-hydroxylation sites is 1. The van der Waals surface area contributed by atoms with Crippen molar-refractivity contribution >= 4 is 45.7 Å². The summed E-state index contributed by atoms with van der Waals surface area (Å²) in [5.74, 6) is -0.198. The Morgan fingerprint density at radius 1 is 1.22 bits per heavy atom. The largest absolute Gasteiger partial charge is 0.375 e. The summed E-state index contributed by atoms with van der Waals surface area (Å²) in [6.45, 7) is 1.89. The van der Waals surface area contributed by atoms with E-state index in [0.29, 0.717) is 9.47 Å². The minimum Gasteiger partial charge on any atom is -0.375 e. The Morgan fingerprint density at radius 3 is 2.74 bits per heavy atom. The van der Waals surface area contributed by atoms with Crippen LogP contribution >= 0.6 is 23.1 Å². The molecule has 0 unspecified atom stereocenters. The highest BCUT2D eigenvalue weighted by Gasteiger charge is 2.11. The molecule has 0 saturated heterocycles. The van der Waals surface area contributed by atoms with Crippen molar-refractivity contribution in [2.45, 2.75) is 11.3 Å². The molecule has 0 radical (unpaired) electrons. The molecule has 0 aliphatic heterocycles. The molecule has 1 aromatic heterocycles. The first-order valence-corrected chi connectivity index (χ1v) is 8.49. The number of aromatic nitrogens is 2. The average molecular weight is 352 g/mol. The fraction of sp³-hybridized carbons (Fsp3) is 0.286. The molecule has 2 N–H and O–H groups in total. The summed E-state index contributed by atoms with van der Waals surface area (Å²) in [7, 11) is 1.44. The second-order valence-corrected chi connectivity index (χ2v) is 6.71. The van der Waals surface area contributed by atoms with E-state index in [1.54, 1.807) is 0 Å². The third-order valence-electron chi connectivity index (χ3n) is 2.67. The Kier molecular flexibility index (Phi) is 6.51. The lowest BCUT2D eigenvalue weighted by atomic mass is 10.2. The van der Waals surface area contributed by atoms with Gasteiger partial charge in [-0.1, -0.05) is 41.3 Å². The van der Waals surface area contributed by atoms with Crippen molar-refractivity contribution in [3.8, 4) is 0 Å². The zero-order valence-electron chi connectivity index (χ0n) is 12.7. The molecular weight excluding hydrogens is 336 g/mol. The van der Waals surface area contributed by atoms with E-state index in [-0.39, 0.29) is 24.2 Å². The van der Waals surface area contributed by atoms with Gasteiger partial charge in [0.1, 0.15) is 6.61 Å². The van der Waals surface area contributed by atoms with E-state index in [1.807, 2.05) is 31.2 Å². The standard InChI is InChI=1S/C14H16N4O3S2/c1-9-5-3-4-6-10(9)15-12(20)8-22-14-18-17-13(23-14)16-11(19)7-21-2/h3-6H,7-8H2,1-2H3,(H,15,20)(H,16,17,19). The van der Waals surface area contributed by atoms with Gasteiger partial charge in [0.2, 0.25) is 11.0 Å². The van der Waals surface area contributed by atoms with Gasteiger partial charge in [0, 0.05) is 12.8 Å². The molecule has 7 nitrogen and oxygen atoms in total. The number of hydrogen-bond acceptors (Lipinski definition) is 7. The maximum absolute atomic E-state index is 11.9. The van der Waals surface area contributed by atoms with Crippen molar-refractivity contribution in [3.05, 3.63) is 29.8 Å². The van der Waals surface area contributed by atoms with Gasteiger partial charge in [-0.3, -0.25) is 14.9 Å². The van der Waals surface area contributed by atoms with Gasteiger partial charge in [0.15, 0.2) is 4.34 Å². The molecule has 0 aliphatic rings. The first kappa shape index (κ1) is 17.4. The molecule has 2 rings (SSSR count). The molecule has 2 aromatic rings. The predicted molar refractivity (Wildman–Crippen MR) is 90.9 cm³/mol. The van der Waals surface area contributed by atoms with Crippen LogP contribution in [-0.4, -0.2) is 41.5 Å². The maximum Gasteiger partial charge on any atom is 0.252 e. The average Bonchev–Trinajstić information content (AvgIpc) is 2.95. The molecule has 1 heterocycles. The van der Waals surface area contributed by atoms with E-state index >= 15 is 0 Å². The topological polar surface area (TPSA) is 93.2 Å². The molecule has 0 aliphatic carbocycles. The van der Waals surface area contributed by atoms with Crippen molar-refractivity contribution < 1.29 is 14.3 Å². The summed E-state index contributed by atoms with van der Waals surface area (Å²) in [5, 5.41) is 13.6. The summed E-state index contributed by atoms with van der Waals surface area (Å²) >= 11 is 2.48. The zero-order valence-corrected chi connectivity index (χ0v) is 14.3. The van der Waals surface area contributed by atoms with Crippen LogP contribution in [0.4, 0.5) is 10.8 Å². The van der Waals surface area contributed by atoms with Gasteiger partial charge in [-0.2, -0.15) is 0 Å². The van der Waals surface area contributed by atoms with Gasteiger partial charge in [-0.05, 0) is 18.6 Å². The molecule has 0 saturated carbocycles. The minimum absolute atomic E-state index is 0.0408. The number of carbonyl (C=O) groups excluding carboxylic acids is 2. The van der Waals surface area contributed by atoms with Gasteiger partial charge < -0.3 is 10.1 Å². The van der Waals surface area contributed by atoms with E-state index in [1.165, 1.54) is 30.2 Å². The number of thioether (sulfide) groups is 1. The summed E-state index contributed by atoms with van der Waals surface area (Å²) in [4.78, 5) is 23.3. The summed E-state index contributed by atoms with van der Waals surface area (Å²) < 4.78 is 5.32.